The van der Waals surface area contributed by atoms with Crippen LogP contribution in [0.4, 0.5) is 11.6 Å². The molecule has 1 amide bonds. The molecule has 1 aromatic carbocycles. The molecule has 0 fully saturated rings. The third kappa shape index (κ3) is 2.14. The summed E-state index contributed by atoms with van der Waals surface area (Å²) in [7, 11) is 0. The second-order valence-corrected chi connectivity index (χ2v) is 3.21. The van der Waals surface area contributed by atoms with Gasteiger partial charge >= 0.3 is 0 Å². The fourth-order valence-electron chi connectivity index (χ4n) is 1.25. The number of carbonyl (C=O) groups excluding carboxylic acids is 1. The Hall–Kier alpha value is -2.43. The number of anilines is 2. The molecule has 2 rings (SSSR count). The van der Waals surface area contributed by atoms with E-state index in [9.17, 15) is 9.90 Å². The molecule has 2 aromatic rings. The van der Waals surface area contributed by atoms with Crippen LogP contribution in [0.3, 0.4) is 0 Å². The van der Waals surface area contributed by atoms with Crippen LogP contribution in [0.5, 0.6) is 5.75 Å². The summed E-state index contributed by atoms with van der Waals surface area (Å²) >= 11 is 0. The molecule has 16 heavy (non-hydrogen) atoms. The Bertz CT molecular complexity index is 519. The number of aromatic hydroxyl groups is 1. The molecule has 0 aliphatic rings. The van der Waals surface area contributed by atoms with Gasteiger partial charge in [-0.05, 0) is 18.2 Å². The van der Waals surface area contributed by atoms with Crippen molar-refractivity contribution in [2.24, 2.45) is 0 Å². The van der Waals surface area contributed by atoms with Crippen LogP contribution in [0.1, 0.15) is 10.6 Å². The topological polar surface area (TPSA) is 88.5 Å². The molecule has 4 N–H and O–H groups in total. The van der Waals surface area contributed by atoms with Crippen LogP contribution in [0.15, 0.2) is 40.8 Å². The molecular weight excluding hydrogens is 208 g/mol. The first-order chi connectivity index (χ1) is 7.65. The van der Waals surface area contributed by atoms with Gasteiger partial charge in [-0.2, -0.15) is 0 Å². The Morgan fingerprint density at radius 1 is 1.31 bits per heavy atom. The van der Waals surface area contributed by atoms with E-state index in [1.165, 1.54) is 24.3 Å². The number of benzene rings is 1. The zero-order valence-corrected chi connectivity index (χ0v) is 8.31. The van der Waals surface area contributed by atoms with Crippen molar-refractivity contribution in [3.8, 4) is 5.75 Å². The number of hydrogen-bond acceptors (Lipinski definition) is 4. The number of amides is 1. The Morgan fingerprint density at radius 3 is 2.75 bits per heavy atom. The van der Waals surface area contributed by atoms with Crippen LogP contribution in [-0.4, -0.2) is 11.0 Å². The molecule has 0 spiro atoms. The van der Waals surface area contributed by atoms with E-state index in [0.29, 0.717) is 5.69 Å². The van der Waals surface area contributed by atoms with Crippen LogP contribution in [0.2, 0.25) is 0 Å². The van der Waals surface area contributed by atoms with Gasteiger partial charge in [-0.15, -0.1) is 0 Å². The van der Waals surface area contributed by atoms with Gasteiger partial charge in [0.15, 0.2) is 11.6 Å². The second kappa shape index (κ2) is 3.98. The lowest BCUT2D eigenvalue weighted by Crippen LogP contribution is -2.10. The van der Waals surface area contributed by atoms with Gasteiger partial charge in [0.25, 0.3) is 5.91 Å². The monoisotopic (exact) mass is 218 g/mol. The molecule has 82 valence electrons. The van der Waals surface area contributed by atoms with E-state index in [1.807, 2.05) is 0 Å². The highest BCUT2D eigenvalue weighted by Crippen LogP contribution is 2.17. The van der Waals surface area contributed by atoms with Crippen LogP contribution in [0.25, 0.3) is 0 Å². The summed E-state index contributed by atoms with van der Waals surface area (Å²) in [4.78, 5) is 11.6. The first-order valence-electron chi connectivity index (χ1n) is 4.61. The maximum Gasteiger partial charge on any atom is 0.291 e. The Kier molecular flexibility index (Phi) is 2.51. The molecule has 0 aliphatic heterocycles. The minimum absolute atomic E-state index is 0.0803. The van der Waals surface area contributed by atoms with Gasteiger partial charge < -0.3 is 20.6 Å². The zero-order chi connectivity index (χ0) is 11.5. The number of phenols is 1. The number of nitrogen functional groups attached to an aromatic ring is 1. The molecule has 5 heteroatoms. The van der Waals surface area contributed by atoms with Gasteiger partial charge in [-0.3, -0.25) is 4.79 Å². The predicted octanol–water partition coefficient (Wildman–Crippen LogP) is 1.82. The summed E-state index contributed by atoms with van der Waals surface area (Å²) in [5, 5.41) is 11.8. The zero-order valence-electron chi connectivity index (χ0n) is 8.31. The molecule has 5 nitrogen and oxygen atoms in total. The molecule has 0 unspecified atom stereocenters. The third-order valence-corrected chi connectivity index (χ3v) is 1.95. The van der Waals surface area contributed by atoms with E-state index in [2.05, 4.69) is 5.32 Å². The summed E-state index contributed by atoms with van der Waals surface area (Å²) in [5.74, 6) is -0.0269. The molecule has 0 saturated carbocycles. The lowest BCUT2D eigenvalue weighted by molar-refractivity contribution is 0.0997. The van der Waals surface area contributed by atoms with E-state index >= 15 is 0 Å². The van der Waals surface area contributed by atoms with Crippen molar-refractivity contribution in [3.63, 3.8) is 0 Å². The number of carbonyl (C=O) groups is 1. The molecule has 0 aliphatic carbocycles. The number of nitrogens with two attached hydrogens (primary N) is 1. The van der Waals surface area contributed by atoms with Crippen molar-refractivity contribution in [1.82, 2.24) is 0 Å². The average molecular weight is 218 g/mol. The molecule has 1 aromatic heterocycles. The van der Waals surface area contributed by atoms with Crippen LogP contribution in [-0.2, 0) is 0 Å². The highest BCUT2D eigenvalue weighted by Gasteiger charge is 2.10. The molecule has 1 heterocycles. The Labute approximate surface area is 91.5 Å². The minimum atomic E-state index is -0.415. The van der Waals surface area contributed by atoms with Crippen LogP contribution in [0, 0.1) is 0 Å². The summed E-state index contributed by atoms with van der Waals surface area (Å²) in [6, 6.07) is 9.21. The van der Waals surface area contributed by atoms with E-state index < -0.39 is 5.91 Å². The van der Waals surface area contributed by atoms with Crippen LogP contribution >= 0.6 is 0 Å². The quantitative estimate of drug-likeness (QED) is 0.717. The van der Waals surface area contributed by atoms with Crippen molar-refractivity contribution in [2.75, 3.05) is 11.1 Å². The number of hydrogen-bond donors (Lipinski definition) is 3. The molecule has 0 radical (unpaired) electrons. The van der Waals surface area contributed by atoms with E-state index in [-0.39, 0.29) is 17.4 Å². The van der Waals surface area contributed by atoms with Crippen LogP contribution < -0.4 is 11.1 Å². The average Bonchev–Trinajstić information content (AvgIpc) is 2.65. The Morgan fingerprint density at radius 2 is 2.12 bits per heavy atom. The summed E-state index contributed by atoms with van der Waals surface area (Å²) < 4.78 is 4.95. The molecular formula is C11H10N2O3. The van der Waals surface area contributed by atoms with Crippen molar-refractivity contribution in [1.29, 1.82) is 0 Å². The van der Waals surface area contributed by atoms with Crippen molar-refractivity contribution in [2.45, 2.75) is 0 Å². The summed E-state index contributed by atoms with van der Waals surface area (Å²) in [5.41, 5.74) is 5.83. The van der Waals surface area contributed by atoms with Crippen molar-refractivity contribution < 1.29 is 14.3 Å². The first kappa shape index (κ1) is 10.1. The number of nitrogens with one attached hydrogen (secondary N) is 1. The third-order valence-electron chi connectivity index (χ3n) is 1.95. The second-order valence-electron chi connectivity index (χ2n) is 3.21. The van der Waals surface area contributed by atoms with Crippen molar-refractivity contribution >= 4 is 17.5 Å². The first-order valence-corrected chi connectivity index (χ1v) is 4.61. The lowest BCUT2D eigenvalue weighted by Gasteiger charge is -2.02. The van der Waals surface area contributed by atoms with Gasteiger partial charge in [0, 0.05) is 17.8 Å². The standard InChI is InChI=1S/C11H10N2O3/c12-10-5-4-9(16-10)11(15)13-7-2-1-3-8(14)6-7/h1-6,14H,12H2,(H,13,15). The predicted molar refractivity (Wildman–Crippen MR) is 59.2 cm³/mol. The summed E-state index contributed by atoms with van der Waals surface area (Å²) in [6.07, 6.45) is 0. The fraction of sp³-hybridized carbons (Fsp3) is 0. The molecule has 0 bridgehead atoms. The smallest absolute Gasteiger partial charge is 0.291 e. The maximum atomic E-state index is 11.6. The van der Waals surface area contributed by atoms with Gasteiger partial charge in [0.1, 0.15) is 5.75 Å². The fourth-order valence-corrected chi connectivity index (χ4v) is 1.25. The summed E-state index contributed by atoms with van der Waals surface area (Å²) in [6.45, 7) is 0. The largest absolute Gasteiger partial charge is 0.508 e. The van der Waals surface area contributed by atoms with Gasteiger partial charge in [0.2, 0.25) is 0 Å². The van der Waals surface area contributed by atoms with E-state index in [4.69, 9.17) is 10.2 Å². The normalized spacial score (nSPS) is 10.0. The number of furan rings is 1. The minimum Gasteiger partial charge on any atom is -0.508 e. The number of rotatable bonds is 2. The van der Waals surface area contributed by atoms with Gasteiger partial charge in [0.05, 0.1) is 0 Å². The highest BCUT2D eigenvalue weighted by atomic mass is 16.4. The number of phenolic OH excluding ortho intramolecular Hbond substituents is 1. The lowest BCUT2D eigenvalue weighted by atomic mass is 10.3. The molecule has 0 saturated heterocycles. The highest BCUT2D eigenvalue weighted by molar-refractivity contribution is 6.02. The SMILES string of the molecule is Nc1ccc(C(=O)Nc2cccc(O)c2)o1. The maximum absolute atomic E-state index is 11.6. The molecule has 0 atom stereocenters. The van der Waals surface area contributed by atoms with Gasteiger partial charge in [-0.1, -0.05) is 6.07 Å². The Balaban J connectivity index is 2.13. The van der Waals surface area contributed by atoms with E-state index in [1.54, 1.807) is 12.1 Å². The van der Waals surface area contributed by atoms with Crippen molar-refractivity contribution in [3.05, 3.63) is 42.2 Å². The van der Waals surface area contributed by atoms with E-state index in [0.717, 1.165) is 0 Å². The van der Waals surface area contributed by atoms with Gasteiger partial charge in [-0.25, -0.2) is 0 Å².